The summed E-state index contributed by atoms with van der Waals surface area (Å²) in [4.78, 5) is 13.2. The number of likely N-dealkylation sites (tertiary alicyclic amines) is 1. The van der Waals surface area contributed by atoms with Gasteiger partial charge in [-0.1, -0.05) is 13.3 Å². The van der Waals surface area contributed by atoms with Crippen molar-refractivity contribution in [3.8, 4) is 0 Å². The first-order chi connectivity index (χ1) is 6.76. The van der Waals surface area contributed by atoms with Crippen molar-refractivity contribution in [3.05, 3.63) is 0 Å². The maximum Gasteiger partial charge on any atom is 0.123 e. The molecule has 0 radical (unpaired) electrons. The number of carbonyl (C=O) groups is 1. The van der Waals surface area contributed by atoms with Crippen molar-refractivity contribution < 1.29 is 4.79 Å². The maximum absolute atomic E-state index is 10.8. The molecule has 1 fully saturated rings. The van der Waals surface area contributed by atoms with Gasteiger partial charge in [0.1, 0.15) is 6.29 Å². The van der Waals surface area contributed by atoms with Crippen molar-refractivity contribution in [2.24, 2.45) is 11.8 Å². The zero-order valence-corrected chi connectivity index (χ0v) is 9.54. The molecule has 0 aromatic heterocycles. The van der Waals surface area contributed by atoms with Crippen LogP contribution in [0.2, 0.25) is 0 Å². The highest BCUT2D eigenvalue weighted by Gasteiger charge is 2.19. The number of nitrogens with zero attached hydrogens (tertiary/aromatic N) is 1. The number of carbonyl (C=O) groups excluding carboxylic acids is 1. The fourth-order valence-electron chi connectivity index (χ4n) is 2.34. The molecule has 1 unspecified atom stereocenters. The summed E-state index contributed by atoms with van der Waals surface area (Å²) in [5.74, 6) is 1.13. The van der Waals surface area contributed by atoms with Crippen LogP contribution in [0.25, 0.3) is 0 Å². The van der Waals surface area contributed by atoms with E-state index in [9.17, 15) is 4.79 Å². The Bertz CT molecular complexity index is 162. The standard InChI is InChI=1S/C12H23NO/c1-3-4-12(10-14)9-11-5-7-13(2)8-6-11/h10-12H,3-9H2,1-2H3. The summed E-state index contributed by atoms with van der Waals surface area (Å²) < 4.78 is 0. The van der Waals surface area contributed by atoms with E-state index in [2.05, 4.69) is 18.9 Å². The molecule has 1 rings (SSSR count). The summed E-state index contributed by atoms with van der Waals surface area (Å²) in [6, 6.07) is 0. The van der Waals surface area contributed by atoms with Crippen molar-refractivity contribution in [1.29, 1.82) is 0 Å². The van der Waals surface area contributed by atoms with E-state index < -0.39 is 0 Å². The lowest BCUT2D eigenvalue weighted by Gasteiger charge is -2.30. The van der Waals surface area contributed by atoms with Crippen LogP contribution in [-0.2, 0) is 4.79 Å². The van der Waals surface area contributed by atoms with Gasteiger partial charge in [0, 0.05) is 5.92 Å². The highest BCUT2D eigenvalue weighted by molar-refractivity contribution is 5.53. The molecule has 2 nitrogen and oxygen atoms in total. The van der Waals surface area contributed by atoms with Crippen LogP contribution < -0.4 is 0 Å². The van der Waals surface area contributed by atoms with E-state index in [1.807, 2.05) is 0 Å². The van der Waals surface area contributed by atoms with Gasteiger partial charge in [-0.2, -0.15) is 0 Å². The van der Waals surface area contributed by atoms with Crippen molar-refractivity contribution in [2.75, 3.05) is 20.1 Å². The molecule has 0 N–H and O–H groups in total. The zero-order chi connectivity index (χ0) is 10.4. The van der Waals surface area contributed by atoms with Gasteiger partial charge in [-0.05, 0) is 51.7 Å². The van der Waals surface area contributed by atoms with E-state index in [-0.39, 0.29) is 0 Å². The third-order valence-electron chi connectivity index (χ3n) is 3.33. The van der Waals surface area contributed by atoms with Crippen LogP contribution in [0.5, 0.6) is 0 Å². The van der Waals surface area contributed by atoms with Crippen LogP contribution >= 0.6 is 0 Å². The molecular formula is C12H23NO. The number of hydrogen-bond donors (Lipinski definition) is 0. The first kappa shape index (κ1) is 11.7. The zero-order valence-electron chi connectivity index (χ0n) is 9.54. The predicted octanol–water partition coefficient (Wildman–Crippen LogP) is 2.33. The van der Waals surface area contributed by atoms with Crippen LogP contribution in [-0.4, -0.2) is 31.3 Å². The molecule has 82 valence electrons. The summed E-state index contributed by atoms with van der Waals surface area (Å²) in [6.45, 7) is 4.58. The Morgan fingerprint density at radius 3 is 2.57 bits per heavy atom. The summed E-state index contributed by atoms with van der Waals surface area (Å²) in [7, 11) is 2.18. The van der Waals surface area contributed by atoms with E-state index >= 15 is 0 Å². The minimum Gasteiger partial charge on any atom is -0.306 e. The van der Waals surface area contributed by atoms with Gasteiger partial charge in [0.05, 0.1) is 0 Å². The number of hydrogen-bond acceptors (Lipinski definition) is 2. The number of piperidine rings is 1. The van der Waals surface area contributed by atoms with Crippen molar-refractivity contribution >= 4 is 6.29 Å². The molecule has 0 aliphatic carbocycles. The van der Waals surface area contributed by atoms with E-state index in [1.54, 1.807) is 0 Å². The topological polar surface area (TPSA) is 20.3 Å². The molecule has 14 heavy (non-hydrogen) atoms. The third-order valence-corrected chi connectivity index (χ3v) is 3.33. The highest BCUT2D eigenvalue weighted by Crippen LogP contribution is 2.24. The average Bonchev–Trinajstić information content (AvgIpc) is 2.20. The number of rotatable bonds is 5. The van der Waals surface area contributed by atoms with Gasteiger partial charge in [0.15, 0.2) is 0 Å². The Balaban J connectivity index is 2.24. The molecule has 1 atom stereocenters. The van der Waals surface area contributed by atoms with Gasteiger partial charge in [-0.15, -0.1) is 0 Å². The van der Waals surface area contributed by atoms with Crippen LogP contribution in [0.1, 0.15) is 39.0 Å². The van der Waals surface area contributed by atoms with Crippen LogP contribution in [0.3, 0.4) is 0 Å². The Kier molecular flexibility index (Phi) is 5.16. The minimum absolute atomic E-state index is 0.327. The number of aldehydes is 1. The van der Waals surface area contributed by atoms with Crippen LogP contribution in [0.15, 0.2) is 0 Å². The molecule has 2 heteroatoms. The highest BCUT2D eigenvalue weighted by atomic mass is 16.1. The third kappa shape index (κ3) is 3.79. The lowest BCUT2D eigenvalue weighted by atomic mass is 9.86. The minimum atomic E-state index is 0.327. The largest absolute Gasteiger partial charge is 0.306 e. The molecule has 0 spiro atoms. The molecule has 0 aromatic rings. The lowest BCUT2D eigenvalue weighted by Crippen LogP contribution is -2.31. The van der Waals surface area contributed by atoms with Crippen LogP contribution in [0, 0.1) is 11.8 Å². The summed E-state index contributed by atoms with van der Waals surface area (Å²) >= 11 is 0. The molecule has 1 aliphatic heterocycles. The Labute approximate surface area is 87.7 Å². The quantitative estimate of drug-likeness (QED) is 0.630. The van der Waals surface area contributed by atoms with Gasteiger partial charge < -0.3 is 9.69 Å². The SMILES string of the molecule is CCCC(C=O)CC1CCN(C)CC1. The van der Waals surface area contributed by atoms with Gasteiger partial charge in [0.2, 0.25) is 0 Å². The average molecular weight is 197 g/mol. The molecular weight excluding hydrogens is 174 g/mol. The van der Waals surface area contributed by atoms with Gasteiger partial charge >= 0.3 is 0 Å². The fourth-order valence-corrected chi connectivity index (χ4v) is 2.34. The van der Waals surface area contributed by atoms with Gasteiger partial charge in [0.25, 0.3) is 0 Å². The smallest absolute Gasteiger partial charge is 0.123 e. The van der Waals surface area contributed by atoms with Crippen molar-refractivity contribution in [2.45, 2.75) is 39.0 Å². The second-order valence-electron chi connectivity index (χ2n) is 4.67. The predicted molar refractivity (Wildman–Crippen MR) is 59.3 cm³/mol. The first-order valence-electron chi connectivity index (χ1n) is 5.90. The lowest BCUT2D eigenvalue weighted by molar-refractivity contribution is -0.111. The Hall–Kier alpha value is -0.370. The molecule has 1 aliphatic rings. The molecule has 0 aromatic carbocycles. The van der Waals surface area contributed by atoms with Crippen LogP contribution in [0.4, 0.5) is 0 Å². The van der Waals surface area contributed by atoms with Crippen molar-refractivity contribution in [3.63, 3.8) is 0 Å². The second-order valence-corrected chi connectivity index (χ2v) is 4.67. The Morgan fingerprint density at radius 1 is 1.43 bits per heavy atom. The fraction of sp³-hybridized carbons (Fsp3) is 0.917. The monoisotopic (exact) mass is 197 g/mol. The van der Waals surface area contributed by atoms with E-state index in [0.29, 0.717) is 5.92 Å². The van der Waals surface area contributed by atoms with Gasteiger partial charge in [-0.3, -0.25) is 0 Å². The van der Waals surface area contributed by atoms with E-state index in [4.69, 9.17) is 0 Å². The normalized spacial score (nSPS) is 22.1. The van der Waals surface area contributed by atoms with E-state index in [0.717, 1.165) is 25.2 Å². The summed E-state index contributed by atoms with van der Waals surface area (Å²) in [5.41, 5.74) is 0. The second kappa shape index (κ2) is 6.18. The van der Waals surface area contributed by atoms with Crippen molar-refractivity contribution in [1.82, 2.24) is 4.90 Å². The maximum atomic E-state index is 10.8. The summed E-state index contributed by atoms with van der Waals surface area (Å²) in [5, 5.41) is 0. The summed E-state index contributed by atoms with van der Waals surface area (Å²) in [6.07, 6.45) is 7.08. The molecule has 1 saturated heterocycles. The molecule has 1 heterocycles. The Morgan fingerprint density at radius 2 is 2.07 bits per heavy atom. The van der Waals surface area contributed by atoms with Gasteiger partial charge in [-0.25, -0.2) is 0 Å². The molecule has 0 amide bonds. The first-order valence-corrected chi connectivity index (χ1v) is 5.90. The molecule has 0 bridgehead atoms. The van der Waals surface area contributed by atoms with E-state index in [1.165, 1.54) is 32.2 Å². The molecule has 0 saturated carbocycles.